The fourth-order valence-corrected chi connectivity index (χ4v) is 4.58. The van der Waals surface area contributed by atoms with Gasteiger partial charge in [-0.05, 0) is 67.6 Å². The molecule has 0 aliphatic rings. The smallest absolute Gasteiger partial charge is 0.264 e. The summed E-state index contributed by atoms with van der Waals surface area (Å²) in [6.45, 7) is 1.68. The highest BCUT2D eigenvalue weighted by molar-refractivity contribution is 7.92. The van der Waals surface area contributed by atoms with E-state index in [0.717, 1.165) is 16.4 Å². The van der Waals surface area contributed by atoms with Gasteiger partial charge in [-0.15, -0.1) is 0 Å². The van der Waals surface area contributed by atoms with Crippen LogP contribution in [0.4, 0.5) is 15.8 Å². The number of nitrogens with one attached hydrogen (secondary N) is 1. The number of amides is 1. The zero-order valence-electron chi connectivity index (χ0n) is 18.9. The van der Waals surface area contributed by atoms with E-state index in [0.29, 0.717) is 29.5 Å². The Morgan fingerprint density at radius 1 is 0.941 bits per heavy atom. The maximum Gasteiger partial charge on any atom is 0.264 e. The summed E-state index contributed by atoms with van der Waals surface area (Å²) in [5.74, 6) is 0.195. The van der Waals surface area contributed by atoms with Gasteiger partial charge in [-0.25, -0.2) is 12.8 Å². The number of rotatable bonds is 10. The maximum absolute atomic E-state index is 13.5. The molecule has 0 radical (unpaired) electrons. The van der Waals surface area contributed by atoms with E-state index in [2.05, 4.69) is 5.32 Å². The number of carbonyl (C=O) groups is 1. The molecule has 0 aliphatic heterocycles. The zero-order valence-corrected chi connectivity index (χ0v) is 19.8. The lowest BCUT2D eigenvalue weighted by atomic mass is 10.2. The number of hydrogen-bond acceptors (Lipinski definition) is 6. The van der Waals surface area contributed by atoms with Crippen molar-refractivity contribution in [1.82, 2.24) is 0 Å². The third kappa shape index (κ3) is 5.76. The van der Waals surface area contributed by atoms with Gasteiger partial charge in [0.1, 0.15) is 29.6 Å². The van der Waals surface area contributed by atoms with Crippen molar-refractivity contribution in [1.29, 1.82) is 0 Å². The molecule has 8 nitrogen and oxygen atoms in total. The summed E-state index contributed by atoms with van der Waals surface area (Å²) < 4.78 is 57.1. The molecule has 1 amide bonds. The van der Waals surface area contributed by atoms with E-state index >= 15 is 0 Å². The van der Waals surface area contributed by atoms with Crippen LogP contribution in [0.5, 0.6) is 17.2 Å². The van der Waals surface area contributed by atoms with Gasteiger partial charge in [0.15, 0.2) is 0 Å². The molecule has 0 spiro atoms. The van der Waals surface area contributed by atoms with E-state index in [9.17, 15) is 17.6 Å². The summed E-state index contributed by atoms with van der Waals surface area (Å²) in [5, 5.41) is 2.65. The first-order valence-electron chi connectivity index (χ1n) is 10.3. The van der Waals surface area contributed by atoms with E-state index in [1.165, 1.54) is 50.6 Å². The van der Waals surface area contributed by atoms with Gasteiger partial charge in [0.25, 0.3) is 10.0 Å². The minimum Gasteiger partial charge on any atom is -0.497 e. The quantitative estimate of drug-likeness (QED) is 0.462. The zero-order chi connectivity index (χ0) is 24.7. The monoisotopic (exact) mass is 488 g/mol. The molecule has 0 saturated carbocycles. The van der Waals surface area contributed by atoms with Gasteiger partial charge in [0.05, 0.1) is 37.1 Å². The molecule has 10 heteroatoms. The van der Waals surface area contributed by atoms with Crippen LogP contribution in [0.1, 0.15) is 6.92 Å². The van der Waals surface area contributed by atoms with Crippen LogP contribution >= 0.6 is 0 Å². The molecule has 0 saturated heterocycles. The largest absolute Gasteiger partial charge is 0.497 e. The van der Waals surface area contributed by atoms with E-state index in [1.54, 1.807) is 18.2 Å². The normalized spacial score (nSPS) is 10.9. The standard InChI is InChI=1S/C24H25FN2O6S/c1-4-33-19-9-12-21(13-10-19)34(29,30)27(18-7-5-17(25)6-8-18)16-24(28)26-22-15-20(31-2)11-14-23(22)32-3/h5-15H,4,16H2,1-3H3,(H,26,28). The van der Waals surface area contributed by atoms with Crippen LogP contribution in [-0.4, -0.2) is 41.7 Å². The number of sulfonamides is 1. The molecule has 0 bridgehead atoms. The Bertz CT molecular complexity index is 1230. The fraction of sp³-hybridized carbons (Fsp3) is 0.208. The molecule has 0 fully saturated rings. The van der Waals surface area contributed by atoms with E-state index in [-0.39, 0.29) is 10.6 Å². The van der Waals surface area contributed by atoms with Crippen LogP contribution in [0.2, 0.25) is 0 Å². The van der Waals surface area contributed by atoms with Gasteiger partial charge in [0, 0.05) is 6.07 Å². The van der Waals surface area contributed by atoms with Gasteiger partial charge in [0.2, 0.25) is 5.91 Å². The fourth-order valence-electron chi connectivity index (χ4n) is 3.16. The molecule has 0 heterocycles. The average molecular weight is 489 g/mol. The minimum atomic E-state index is -4.18. The second-order valence-corrected chi connectivity index (χ2v) is 8.87. The Labute approximate surface area is 197 Å². The number of anilines is 2. The number of nitrogens with zero attached hydrogens (tertiary/aromatic N) is 1. The minimum absolute atomic E-state index is 0.0490. The lowest BCUT2D eigenvalue weighted by Crippen LogP contribution is -2.38. The SMILES string of the molecule is CCOc1ccc(S(=O)(=O)N(CC(=O)Nc2cc(OC)ccc2OC)c2ccc(F)cc2)cc1. The molecule has 3 rings (SSSR count). The van der Waals surface area contributed by atoms with Crippen LogP contribution in [0.15, 0.2) is 71.6 Å². The van der Waals surface area contributed by atoms with Crippen molar-refractivity contribution < 1.29 is 31.8 Å². The van der Waals surface area contributed by atoms with Crippen molar-refractivity contribution in [3.05, 3.63) is 72.5 Å². The van der Waals surface area contributed by atoms with E-state index < -0.39 is 28.3 Å². The maximum atomic E-state index is 13.5. The molecule has 180 valence electrons. The number of methoxy groups -OCH3 is 2. The Morgan fingerprint density at radius 2 is 1.59 bits per heavy atom. The molecule has 0 aromatic heterocycles. The van der Waals surface area contributed by atoms with Gasteiger partial charge in [-0.1, -0.05) is 0 Å². The van der Waals surface area contributed by atoms with Crippen LogP contribution in [-0.2, 0) is 14.8 Å². The number of carbonyl (C=O) groups excluding carboxylic acids is 1. The molecule has 0 atom stereocenters. The molecular formula is C24H25FN2O6S. The highest BCUT2D eigenvalue weighted by Gasteiger charge is 2.28. The molecule has 0 aliphatic carbocycles. The van der Waals surface area contributed by atoms with Crippen LogP contribution < -0.4 is 23.8 Å². The van der Waals surface area contributed by atoms with Crippen molar-refractivity contribution >= 4 is 27.3 Å². The molecule has 3 aromatic carbocycles. The first-order valence-corrected chi connectivity index (χ1v) is 11.8. The Balaban J connectivity index is 1.94. The number of ether oxygens (including phenoxy) is 3. The van der Waals surface area contributed by atoms with Crippen molar-refractivity contribution in [2.75, 3.05) is 37.0 Å². The third-order valence-electron chi connectivity index (χ3n) is 4.81. The second kappa shape index (κ2) is 10.9. The second-order valence-electron chi connectivity index (χ2n) is 7.01. The van der Waals surface area contributed by atoms with Gasteiger partial charge in [-0.2, -0.15) is 0 Å². The van der Waals surface area contributed by atoms with Crippen LogP contribution in [0, 0.1) is 5.82 Å². The Kier molecular flexibility index (Phi) is 7.95. The summed E-state index contributed by atoms with van der Waals surface area (Å²) >= 11 is 0. The molecule has 34 heavy (non-hydrogen) atoms. The highest BCUT2D eigenvalue weighted by atomic mass is 32.2. The number of benzene rings is 3. The molecular weight excluding hydrogens is 463 g/mol. The van der Waals surface area contributed by atoms with Crippen LogP contribution in [0.3, 0.4) is 0 Å². The number of halogens is 1. The van der Waals surface area contributed by atoms with Crippen molar-refractivity contribution in [3.8, 4) is 17.2 Å². The van der Waals surface area contributed by atoms with E-state index in [4.69, 9.17) is 14.2 Å². The summed E-state index contributed by atoms with van der Waals surface area (Å²) in [5.41, 5.74) is 0.437. The Hall–Kier alpha value is -3.79. The lowest BCUT2D eigenvalue weighted by molar-refractivity contribution is -0.114. The summed E-state index contributed by atoms with van der Waals surface area (Å²) in [6, 6.07) is 15.5. The number of hydrogen-bond donors (Lipinski definition) is 1. The lowest BCUT2D eigenvalue weighted by Gasteiger charge is -2.24. The predicted octanol–water partition coefficient (Wildman–Crippen LogP) is 4.08. The van der Waals surface area contributed by atoms with Gasteiger partial charge < -0.3 is 19.5 Å². The summed E-state index contributed by atoms with van der Waals surface area (Å²) in [7, 11) is -1.25. The van der Waals surface area contributed by atoms with Crippen molar-refractivity contribution in [3.63, 3.8) is 0 Å². The van der Waals surface area contributed by atoms with Gasteiger partial charge in [-0.3, -0.25) is 9.10 Å². The van der Waals surface area contributed by atoms with Crippen molar-refractivity contribution in [2.45, 2.75) is 11.8 Å². The summed E-state index contributed by atoms with van der Waals surface area (Å²) in [4.78, 5) is 12.9. The van der Waals surface area contributed by atoms with E-state index in [1.807, 2.05) is 6.92 Å². The molecule has 0 unspecified atom stereocenters. The molecule has 1 N–H and O–H groups in total. The Morgan fingerprint density at radius 3 is 2.18 bits per heavy atom. The molecule has 3 aromatic rings. The third-order valence-corrected chi connectivity index (χ3v) is 6.59. The summed E-state index contributed by atoms with van der Waals surface area (Å²) in [6.07, 6.45) is 0. The van der Waals surface area contributed by atoms with Gasteiger partial charge >= 0.3 is 0 Å². The highest BCUT2D eigenvalue weighted by Crippen LogP contribution is 2.30. The topological polar surface area (TPSA) is 94.2 Å². The van der Waals surface area contributed by atoms with Crippen LogP contribution in [0.25, 0.3) is 0 Å². The van der Waals surface area contributed by atoms with Crippen molar-refractivity contribution in [2.24, 2.45) is 0 Å². The average Bonchev–Trinajstić information content (AvgIpc) is 2.83. The first kappa shape index (κ1) is 24.8. The first-order chi connectivity index (χ1) is 16.3. The predicted molar refractivity (Wildman–Crippen MR) is 127 cm³/mol.